The fraction of sp³-hybridized carbons (Fsp3) is 0.471. The summed E-state index contributed by atoms with van der Waals surface area (Å²) >= 11 is 0. The van der Waals surface area contributed by atoms with Crippen molar-refractivity contribution < 1.29 is 18.0 Å². The van der Waals surface area contributed by atoms with Crippen molar-refractivity contribution in [3.63, 3.8) is 0 Å². The van der Waals surface area contributed by atoms with Gasteiger partial charge in [-0.3, -0.25) is 9.59 Å². The van der Waals surface area contributed by atoms with Gasteiger partial charge in [-0.05, 0) is 24.5 Å². The van der Waals surface area contributed by atoms with Crippen LogP contribution in [0.5, 0.6) is 0 Å². The molecule has 3 rings (SSSR count). The number of carbonyl (C=O) groups is 2. The zero-order valence-electron chi connectivity index (χ0n) is 14.1. The maximum Gasteiger partial charge on any atom is 0.267 e. The number of nitrogens with zero attached hydrogens (tertiary/aromatic N) is 2. The van der Waals surface area contributed by atoms with E-state index in [1.165, 1.54) is 5.01 Å². The number of amides is 2. The highest BCUT2D eigenvalue weighted by Gasteiger charge is 2.37. The molecule has 1 N–H and O–H groups in total. The molecular weight excluding hydrogens is 342 g/mol. The van der Waals surface area contributed by atoms with Gasteiger partial charge in [0.15, 0.2) is 9.84 Å². The molecule has 1 fully saturated rings. The van der Waals surface area contributed by atoms with Crippen molar-refractivity contribution in [2.45, 2.75) is 38.8 Å². The average molecular weight is 363 g/mol. The van der Waals surface area contributed by atoms with Crippen LogP contribution < -0.4 is 5.32 Å². The Bertz CT molecular complexity index is 832. The van der Waals surface area contributed by atoms with E-state index in [1.807, 2.05) is 31.2 Å². The quantitative estimate of drug-likeness (QED) is 0.855. The zero-order chi connectivity index (χ0) is 18.0. The first-order chi connectivity index (χ1) is 11.9. The molecule has 134 valence electrons. The second-order valence-electron chi connectivity index (χ2n) is 6.45. The summed E-state index contributed by atoms with van der Waals surface area (Å²) in [6.45, 7) is 2.36. The predicted octanol–water partition coefficient (Wildman–Crippen LogP) is 0.777. The van der Waals surface area contributed by atoms with Crippen molar-refractivity contribution in [1.82, 2.24) is 10.3 Å². The van der Waals surface area contributed by atoms with Crippen molar-refractivity contribution in [3.8, 4) is 0 Å². The molecule has 7 nitrogen and oxygen atoms in total. The van der Waals surface area contributed by atoms with Crippen LogP contribution in [0.15, 0.2) is 29.4 Å². The van der Waals surface area contributed by atoms with Crippen LogP contribution in [-0.2, 0) is 26.0 Å². The van der Waals surface area contributed by atoms with Crippen LogP contribution in [0.2, 0.25) is 0 Å². The molecule has 0 aliphatic carbocycles. The second kappa shape index (κ2) is 6.95. The number of nitrogens with one attached hydrogen (secondary N) is 1. The first-order valence-electron chi connectivity index (χ1n) is 8.28. The van der Waals surface area contributed by atoms with Crippen LogP contribution in [0.25, 0.3) is 0 Å². The van der Waals surface area contributed by atoms with Crippen molar-refractivity contribution in [2.75, 3.05) is 11.5 Å². The van der Waals surface area contributed by atoms with Crippen LogP contribution in [0.3, 0.4) is 0 Å². The molecule has 25 heavy (non-hydrogen) atoms. The normalized spacial score (nSPS) is 22.6. The predicted molar refractivity (Wildman–Crippen MR) is 93.6 cm³/mol. The van der Waals surface area contributed by atoms with Crippen molar-refractivity contribution in [2.24, 2.45) is 5.10 Å². The maximum atomic E-state index is 12.4. The Morgan fingerprint density at radius 2 is 2.08 bits per heavy atom. The standard InChI is InChI=1S/C17H21N3O4S/c1-12-4-2-3-5-13(12)10-18-17(22)15-6-7-16(21)20(19-15)14-8-9-25(23,24)11-14/h2-5,14H,6-11H2,1H3,(H,18,22)/t14-/m1/s1. The van der Waals surface area contributed by atoms with Gasteiger partial charge in [-0.25, -0.2) is 13.4 Å². The van der Waals surface area contributed by atoms with Gasteiger partial charge in [0.05, 0.1) is 17.5 Å². The van der Waals surface area contributed by atoms with E-state index >= 15 is 0 Å². The lowest BCUT2D eigenvalue weighted by atomic mass is 10.1. The molecule has 1 saturated heterocycles. The highest BCUT2D eigenvalue weighted by Crippen LogP contribution is 2.22. The van der Waals surface area contributed by atoms with E-state index in [9.17, 15) is 18.0 Å². The average Bonchev–Trinajstić information content (AvgIpc) is 2.94. The van der Waals surface area contributed by atoms with Crippen molar-refractivity contribution in [1.29, 1.82) is 0 Å². The van der Waals surface area contributed by atoms with Crippen LogP contribution in [0, 0.1) is 6.92 Å². The molecule has 0 bridgehead atoms. The number of hydrazone groups is 1. The lowest BCUT2D eigenvalue weighted by molar-refractivity contribution is -0.133. The summed E-state index contributed by atoms with van der Waals surface area (Å²) in [5, 5.41) is 8.20. The third kappa shape index (κ3) is 4.07. The molecule has 0 aromatic heterocycles. The number of hydrogen-bond donors (Lipinski definition) is 1. The second-order valence-corrected chi connectivity index (χ2v) is 8.68. The Hall–Kier alpha value is -2.22. The number of rotatable bonds is 4. The van der Waals surface area contributed by atoms with Crippen molar-refractivity contribution >= 4 is 27.4 Å². The number of hydrogen-bond acceptors (Lipinski definition) is 5. The number of aryl methyl sites for hydroxylation is 1. The molecule has 2 heterocycles. The third-order valence-electron chi connectivity index (χ3n) is 4.58. The van der Waals surface area contributed by atoms with Gasteiger partial charge >= 0.3 is 0 Å². The Kier molecular flexibility index (Phi) is 4.89. The minimum atomic E-state index is -3.12. The Labute approximate surface area is 147 Å². The zero-order valence-corrected chi connectivity index (χ0v) is 14.9. The monoisotopic (exact) mass is 363 g/mol. The van der Waals surface area contributed by atoms with E-state index in [4.69, 9.17) is 0 Å². The smallest absolute Gasteiger partial charge is 0.267 e. The summed E-state index contributed by atoms with van der Waals surface area (Å²) in [6.07, 6.45) is 0.817. The molecule has 1 aromatic carbocycles. The summed E-state index contributed by atoms with van der Waals surface area (Å²) in [5.74, 6) is -0.564. The fourth-order valence-electron chi connectivity index (χ4n) is 3.07. The Morgan fingerprint density at radius 3 is 2.76 bits per heavy atom. The van der Waals surface area contributed by atoms with E-state index in [0.29, 0.717) is 13.0 Å². The number of sulfone groups is 1. The highest BCUT2D eigenvalue weighted by molar-refractivity contribution is 7.91. The molecule has 1 aromatic rings. The lowest BCUT2D eigenvalue weighted by Crippen LogP contribution is -2.43. The largest absolute Gasteiger partial charge is 0.347 e. The number of benzene rings is 1. The summed E-state index contributed by atoms with van der Waals surface area (Å²) < 4.78 is 23.3. The summed E-state index contributed by atoms with van der Waals surface area (Å²) in [4.78, 5) is 24.5. The van der Waals surface area contributed by atoms with Gasteiger partial charge in [0.2, 0.25) is 5.91 Å². The van der Waals surface area contributed by atoms with Crippen LogP contribution in [0.1, 0.15) is 30.4 Å². The SMILES string of the molecule is Cc1ccccc1CNC(=O)C1=NN([C@@H]2CCS(=O)(=O)C2)C(=O)CC1. The highest BCUT2D eigenvalue weighted by atomic mass is 32.2. The summed E-state index contributed by atoms with van der Waals surface area (Å²) in [7, 11) is -3.12. The maximum absolute atomic E-state index is 12.4. The Morgan fingerprint density at radius 1 is 1.32 bits per heavy atom. The Balaban J connectivity index is 1.68. The molecule has 0 spiro atoms. The third-order valence-corrected chi connectivity index (χ3v) is 6.33. The lowest BCUT2D eigenvalue weighted by Gasteiger charge is -2.27. The van der Waals surface area contributed by atoms with E-state index in [2.05, 4.69) is 10.4 Å². The van der Waals surface area contributed by atoms with E-state index in [1.54, 1.807) is 0 Å². The fourth-order valence-corrected chi connectivity index (χ4v) is 4.77. The molecule has 0 radical (unpaired) electrons. The molecule has 2 aliphatic heterocycles. The van der Waals surface area contributed by atoms with Crippen LogP contribution in [0.4, 0.5) is 0 Å². The van der Waals surface area contributed by atoms with Gasteiger partial charge in [0, 0.05) is 19.4 Å². The van der Waals surface area contributed by atoms with Crippen LogP contribution >= 0.6 is 0 Å². The van der Waals surface area contributed by atoms with Gasteiger partial charge < -0.3 is 5.32 Å². The summed E-state index contributed by atoms with van der Waals surface area (Å²) in [5.41, 5.74) is 2.38. The van der Waals surface area contributed by atoms with E-state index in [-0.39, 0.29) is 41.9 Å². The van der Waals surface area contributed by atoms with Crippen molar-refractivity contribution in [3.05, 3.63) is 35.4 Å². The van der Waals surface area contributed by atoms with Crippen LogP contribution in [-0.4, -0.2) is 48.5 Å². The molecule has 0 unspecified atom stereocenters. The minimum absolute atomic E-state index is 0.0613. The van der Waals surface area contributed by atoms with E-state index < -0.39 is 15.9 Å². The minimum Gasteiger partial charge on any atom is -0.347 e. The first kappa shape index (κ1) is 17.6. The first-order valence-corrected chi connectivity index (χ1v) is 10.1. The summed E-state index contributed by atoms with van der Waals surface area (Å²) in [6, 6.07) is 7.30. The van der Waals surface area contributed by atoms with E-state index in [0.717, 1.165) is 11.1 Å². The molecule has 0 saturated carbocycles. The number of carbonyl (C=O) groups excluding carboxylic acids is 2. The van der Waals surface area contributed by atoms with Gasteiger partial charge in [-0.15, -0.1) is 0 Å². The molecule has 2 amide bonds. The molecule has 8 heteroatoms. The van der Waals surface area contributed by atoms with Gasteiger partial charge in [-0.2, -0.15) is 5.10 Å². The molecular formula is C17H21N3O4S. The van der Waals surface area contributed by atoms with Gasteiger partial charge in [-0.1, -0.05) is 24.3 Å². The molecule has 1 atom stereocenters. The topological polar surface area (TPSA) is 95.9 Å². The molecule has 2 aliphatic rings. The van der Waals surface area contributed by atoms with Gasteiger partial charge in [0.1, 0.15) is 5.71 Å². The van der Waals surface area contributed by atoms with Gasteiger partial charge in [0.25, 0.3) is 5.91 Å².